The maximum Gasteiger partial charge on any atom is 0.319 e. The van der Waals surface area contributed by atoms with E-state index in [1.54, 1.807) is 0 Å². The van der Waals surface area contributed by atoms with E-state index in [9.17, 15) is 9.59 Å². The van der Waals surface area contributed by atoms with Gasteiger partial charge in [0, 0.05) is 5.92 Å². The molecule has 0 aromatic carbocycles. The van der Waals surface area contributed by atoms with Crippen LogP contribution in [0.2, 0.25) is 0 Å². The highest BCUT2D eigenvalue weighted by Crippen LogP contribution is 2.69. The predicted molar refractivity (Wildman–Crippen MR) is 62.3 cm³/mol. The van der Waals surface area contributed by atoms with Crippen LogP contribution in [0.1, 0.15) is 51.4 Å². The Morgan fingerprint density at radius 3 is 2.18 bits per heavy atom. The van der Waals surface area contributed by atoms with Gasteiger partial charge in [-0.3, -0.25) is 9.59 Å². The molecule has 0 amide bonds. The van der Waals surface area contributed by atoms with Gasteiger partial charge in [0.25, 0.3) is 0 Å². The minimum absolute atomic E-state index is 0.130. The third kappa shape index (κ3) is 1.54. The zero-order valence-electron chi connectivity index (χ0n) is 10.5. The number of ether oxygens (including phenoxy) is 1. The molecule has 3 nitrogen and oxygen atoms in total. The lowest BCUT2D eigenvalue weighted by molar-refractivity contribution is -0.171. The Bertz CT molecular complexity index is 354. The van der Waals surface area contributed by atoms with Crippen LogP contribution in [0.3, 0.4) is 0 Å². The van der Waals surface area contributed by atoms with E-state index in [1.807, 2.05) is 0 Å². The summed E-state index contributed by atoms with van der Waals surface area (Å²) in [4.78, 5) is 24.6. The summed E-state index contributed by atoms with van der Waals surface area (Å²) in [6, 6.07) is 0. The number of rotatable bonds is 3. The van der Waals surface area contributed by atoms with Gasteiger partial charge >= 0.3 is 5.97 Å². The zero-order valence-corrected chi connectivity index (χ0v) is 10.5. The van der Waals surface area contributed by atoms with E-state index in [0.29, 0.717) is 5.41 Å². The van der Waals surface area contributed by atoms with Crippen LogP contribution in [-0.2, 0) is 14.3 Å². The highest BCUT2D eigenvalue weighted by Gasteiger charge is 2.68. The molecule has 17 heavy (non-hydrogen) atoms. The van der Waals surface area contributed by atoms with Gasteiger partial charge < -0.3 is 4.74 Å². The second kappa shape index (κ2) is 3.56. The van der Waals surface area contributed by atoms with E-state index in [2.05, 4.69) is 0 Å². The van der Waals surface area contributed by atoms with Crippen molar-refractivity contribution in [3.63, 3.8) is 0 Å². The first kappa shape index (κ1) is 11.2. The smallest absolute Gasteiger partial charge is 0.319 e. The summed E-state index contributed by atoms with van der Waals surface area (Å²) >= 11 is 0. The first-order valence-electron chi connectivity index (χ1n) is 6.75. The van der Waals surface area contributed by atoms with Crippen molar-refractivity contribution in [2.75, 3.05) is 7.11 Å². The van der Waals surface area contributed by atoms with Gasteiger partial charge in [0.05, 0.1) is 7.11 Å². The van der Waals surface area contributed by atoms with Gasteiger partial charge in [-0.25, -0.2) is 0 Å². The van der Waals surface area contributed by atoms with Crippen LogP contribution in [0.4, 0.5) is 0 Å². The van der Waals surface area contributed by atoms with Gasteiger partial charge in [-0.15, -0.1) is 0 Å². The normalized spacial score (nSPS) is 28.8. The van der Waals surface area contributed by atoms with Gasteiger partial charge in [-0.2, -0.15) is 0 Å². The molecule has 3 saturated carbocycles. The highest BCUT2D eigenvalue weighted by molar-refractivity contribution is 6.06. The Morgan fingerprint density at radius 2 is 1.71 bits per heavy atom. The van der Waals surface area contributed by atoms with Crippen LogP contribution in [0.25, 0.3) is 0 Å². The molecular weight excluding hydrogens is 216 g/mol. The van der Waals surface area contributed by atoms with E-state index in [-0.39, 0.29) is 17.7 Å². The van der Waals surface area contributed by atoms with Crippen molar-refractivity contribution in [1.82, 2.24) is 0 Å². The third-order valence-corrected chi connectivity index (χ3v) is 5.08. The van der Waals surface area contributed by atoms with Crippen molar-refractivity contribution < 1.29 is 14.3 Å². The Labute approximate surface area is 102 Å². The Morgan fingerprint density at radius 1 is 1.12 bits per heavy atom. The van der Waals surface area contributed by atoms with Crippen molar-refractivity contribution in [2.24, 2.45) is 16.7 Å². The minimum atomic E-state index is -0.750. The van der Waals surface area contributed by atoms with Gasteiger partial charge in [-0.05, 0) is 43.9 Å². The molecule has 3 aliphatic rings. The predicted octanol–water partition coefficient (Wildman–Crippen LogP) is 2.48. The van der Waals surface area contributed by atoms with Crippen LogP contribution >= 0.6 is 0 Å². The first-order chi connectivity index (χ1) is 8.12. The fourth-order valence-electron chi connectivity index (χ4n) is 3.95. The standard InChI is InChI=1S/C14H20O3/c1-17-12(16)14(8-13(9-14)6-7-13)11(15)10-4-2-3-5-10/h10H,2-9H2,1H3. The van der Waals surface area contributed by atoms with Crippen molar-refractivity contribution in [1.29, 1.82) is 0 Å². The van der Waals surface area contributed by atoms with Gasteiger partial charge in [0.15, 0.2) is 5.78 Å². The molecular formula is C14H20O3. The molecule has 0 saturated heterocycles. The average Bonchev–Trinajstić information content (AvgIpc) is 2.88. The molecule has 0 atom stereocenters. The number of carbonyl (C=O) groups excluding carboxylic acids is 2. The minimum Gasteiger partial charge on any atom is -0.468 e. The number of hydrogen-bond acceptors (Lipinski definition) is 3. The van der Waals surface area contributed by atoms with E-state index >= 15 is 0 Å². The molecule has 3 fully saturated rings. The molecule has 3 rings (SSSR count). The molecule has 1 spiro atoms. The molecule has 0 N–H and O–H groups in total. The number of hydrogen-bond donors (Lipinski definition) is 0. The molecule has 0 radical (unpaired) electrons. The van der Waals surface area contributed by atoms with Gasteiger partial charge in [0.2, 0.25) is 0 Å². The first-order valence-corrected chi connectivity index (χ1v) is 6.75. The molecule has 94 valence electrons. The summed E-state index contributed by atoms with van der Waals surface area (Å²) in [7, 11) is 1.41. The number of ketones is 1. The lowest BCUT2D eigenvalue weighted by Gasteiger charge is -2.46. The van der Waals surface area contributed by atoms with Gasteiger partial charge in [0.1, 0.15) is 5.41 Å². The van der Waals surface area contributed by atoms with Crippen LogP contribution in [0, 0.1) is 16.7 Å². The largest absolute Gasteiger partial charge is 0.468 e. The second-order valence-electron chi connectivity index (χ2n) is 6.27. The third-order valence-electron chi connectivity index (χ3n) is 5.08. The van der Waals surface area contributed by atoms with Crippen molar-refractivity contribution in [3.8, 4) is 0 Å². The summed E-state index contributed by atoms with van der Waals surface area (Å²) in [6.45, 7) is 0. The number of methoxy groups -OCH3 is 1. The van der Waals surface area contributed by atoms with Crippen LogP contribution in [0.5, 0.6) is 0 Å². The van der Waals surface area contributed by atoms with Crippen molar-refractivity contribution >= 4 is 11.8 Å². The fraction of sp³-hybridized carbons (Fsp3) is 0.857. The summed E-state index contributed by atoms with van der Waals surface area (Å²) in [5.74, 6) is 0.0523. The van der Waals surface area contributed by atoms with E-state index < -0.39 is 5.41 Å². The van der Waals surface area contributed by atoms with E-state index in [4.69, 9.17) is 4.74 Å². The second-order valence-corrected chi connectivity index (χ2v) is 6.27. The fourth-order valence-corrected chi connectivity index (χ4v) is 3.95. The van der Waals surface area contributed by atoms with E-state index in [1.165, 1.54) is 20.0 Å². The quantitative estimate of drug-likeness (QED) is 0.558. The molecule has 0 heterocycles. The van der Waals surface area contributed by atoms with Crippen molar-refractivity contribution in [2.45, 2.75) is 51.4 Å². The molecule has 0 bridgehead atoms. The number of carbonyl (C=O) groups is 2. The zero-order chi connectivity index (χ0) is 12.1. The Kier molecular flexibility index (Phi) is 2.36. The van der Waals surface area contributed by atoms with Crippen LogP contribution in [-0.4, -0.2) is 18.9 Å². The summed E-state index contributed by atoms with van der Waals surface area (Å²) < 4.78 is 4.90. The molecule has 3 aliphatic carbocycles. The average molecular weight is 236 g/mol. The Balaban J connectivity index is 1.79. The summed E-state index contributed by atoms with van der Waals surface area (Å²) in [5, 5.41) is 0. The number of esters is 1. The maximum absolute atomic E-state index is 12.6. The van der Waals surface area contributed by atoms with Crippen LogP contribution in [0.15, 0.2) is 0 Å². The summed E-state index contributed by atoms with van der Waals surface area (Å²) in [5.41, 5.74) is -0.400. The SMILES string of the molecule is COC(=O)C1(C(=O)C2CCCC2)CC2(CC2)C1. The molecule has 0 unspecified atom stereocenters. The van der Waals surface area contributed by atoms with Gasteiger partial charge in [-0.1, -0.05) is 12.8 Å². The highest BCUT2D eigenvalue weighted by atomic mass is 16.5. The van der Waals surface area contributed by atoms with Crippen LogP contribution < -0.4 is 0 Å². The molecule has 0 aromatic rings. The molecule has 0 aromatic heterocycles. The lowest BCUT2D eigenvalue weighted by Crippen LogP contribution is -2.53. The topological polar surface area (TPSA) is 43.4 Å². The summed E-state index contributed by atoms with van der Waals surface area (Å²) in [6.07, 6.45) is 8.16. The van der Waals surface area contributed by atoms with Crippen molar-refractivity contribution in [3.05, 3.63) is 0 Å². The molecule has 3 heteroatoms. The number of Topliss-reactive ketones (excluding diaryl/α,β-unsaturated/α-hetero) is 1. The monoisotopic (exact) mass is 236 g/mol. The lowest BCUT2D eigenvalue weighted by atomic mass is 9.55. The Hall–Kier alpha value is -0.860. The maximum atomic E-state index is 12.6. The van der Waals surface area contributed by atoms with E-state index in [0.717, 1.165) is 38.5 Å². The molecule has 0 aliphatic heterocycles.